The molecule has 0 rings (SSSR count). The molecule has 0 saturated carbocycles. The number of aliphatic carboxylic acids is 2. The van der Waals surface area contributed by atoms with Gasteiger partial charge in [0.2, 0.25) is 17.7 Å². The van der Waals surface area contributed by atoms with Gasteiger partial charge in [0.05, 0.1) is 12.7 Å². The van der Waals surface area contributed by atoms with Crippen LogP contribution in [-0.4, -0.2) is 99.5 Å². The summed E-state index contributed by atoms with van der Waals surface area (Å²) >= 11 is 0. The van der Waals surface area contributed by atoms with E-state index in [1.54, 1.807) is 0 Å². The summed E-state index contributed by atoms with van der Waals surface area (Å²) in [6.07, 6.45) is -2.08. The lowest BCUT2D eigenvalue weighted by Crippen LogP contribution is -2.59. The molecule has 0 aliphatic rings. The minimum Gasteiger partial charge on any atom is -0.481 e. The van der Waals surface area contributed by atoms with E-state index in [1.807, 2.05) is 0 Å². The average Bonchev–Trinajstić information content (AvgIpc) is 2.75. The Morgan fingerprint density at radius 2 is 1.41 bits per heavy atom. The molecular formula is C18H33N7O9. The number of carboxylic acid groups (broad SMARTS) is 2. The highest BCUT2D eigenvalue weighted by Gasteiger charge is 2.30. The Morgan fingerprint density at radius 3 is 1.88 bits per heavy atom. The first-order chi connectivity index (χ1) is 15.8. The van der Waals surface area contributed by atoms with E-state index in [2.05, 4.69) is 20.9 Å². The van der Waals surface area contributed by atoms with Crippen molar-refractivity contribution < 1.29 is 44.4 Å². The number of carbonyl (C=O) groups excluding carboxylic acids is 3. The van der Waals surface area contributed by atoms with Gasteiger partial charge in [0.1, 0.15) is 24.2 Å². The maximum absolute atomic E-state index is 12.6. The van der Waals surface area contributed by atoms with E-state index in [0.29, 0.717) is 0 Å². The smallest absolute Gasteiger partial charge is 0.326 e. The summed E-state index contributed by atoms with van der Waals surface area (Å²) < 4.78 is 0. The van der Waals surface area contributed by atoms with Crippen LogP contribution in [0.15, 0.2) is 4.99 Å². The molecule has 0 aliphatic heterocycles. The molecule has 0 spiro atoms. The fourth-order valence-electron chi connectivity index (χ4n) is 2.52. The lowest BCUT2D eigenvalue weighted by atomic mass is 10.1. The van der Waals surface area contributed by atoms with Crippen LogP contribution in [0.2, 0.25) is 0 Å². The number of aliphatic hydroxyl groups is 2. The van der Waals surface area contributed by atoms with Crippen molar-refractivity contribution in [1.29, 1.82) is 0 Å². The topological polar surface area (TPSA) is 293 Å². The van der Waals surface area contributed by atoms with E-state index < -0.39 is 79.4 Å². The fourth-order valence-corrected chi connectivity index (χ4v) is 2.52. The molecule has 0 saturated heterocycles. The first-order valence-electron chi connectivity index (χ1n) is 10.3. The van der Waals surface area contributed by atoms with E-state index in [9.17, 15) is 39.3 Å². The minimum atomic E-state index is -1.58. The minimum absolute atomic E-state index is 0.0655. The Balaban J connectivity index is 5.33. The third-order valence-corrected chi connectivity index (χ3v) is 4.48. The van der Waals surface area contributed by atoms with Gasteiger partial charge in [-0.05, 0) is 26.2 Å². The van der Waals surface area contributed by atoms with Gasteiger partial charge in [0.25, 0.3) is 0 Å². The number of nitrogens with one attached hydrogen (secondary N) is 3. The molecule has 5 atom stereocenters. The van der Waals surface area contributed by atoms with Crippen LogP contribution in [0.4, 0.5) is 0 Å². The molecule has 34 heavy (non-hydrogen) atoms. The van der Waals surface area contributed by atoms with Crippen molar-refractivity contribution in [2.45, 2.75) is 62.9 Å². The molecule has 0 aromatic rings. The Hall–Kier alpha value is -3.50. The fraction of sp³-hybridized carbons (Fsp3) is 0.667. The summed E-state index contributed by atoms with van der Waals surface area (Å²) in [4.78, 5) is 63.2. The third-order valence-electron chi connectivity index (χ3n) is 4.48. The first-order valence-corrected chi connectivity index (χ1v) is 10.3. The van der Waals surface area contributed by atoms with Crippen molar-refractivity contribution in [2.75, 3.05) is 13.2 Å². The summed E-state index contributed by atoms with van der Waals surface area (Å²) in [6.45, 7) is 0.439. The third kappa shape index (κ3) is 11.9. The quantitative estimate of drug-likeness (QED) is 0.0552. The summed E-state index contributed by atoms with van der Waals surface area (Å²) in [5.74, 6) is -5.86. The zero-order chi connectivity index (χ0) is 26.4. The number of guanidine groups is 1. The van der Waals surface area contributed by atoms with Crippen LogP contribution in [0.3, 0.4) is 0 Å². The van der Waals surface area contributed by atoms with Crippen molar-refractivity contribution in [3.8, 4) is 0 Å². The number of hydrogen-bond acceptors (Lipinski definition) is 9. The van der Waals surface area contributed by atoms with Gasteiger partial charge in [0, 0.05) is 13.0 Å². The highest BCUT2D eigenvalue weighted by molar-refractivity contribution is 5.94. The number of hydrogen-bond donors (Lipinski definition) is 10. The highest BCUT2D eigenvalue weighted by Crippen LogP contribution is 2.04. The molecule has 5 unspecified atom stereocenters. The number of nitrogens with zero attached hydrogens (tertiary/aromatic N) is 1. The van der Waals surface area contributed by atoms with Gasteiger partial charge in [-0.3, -0.25) is 24.2 Å². The largest absolute Gasteiger partial charge is 0.481 e. The van der Waals surface area contributed by atoms with Crippen molar-refractivity contribution in [3.63, 3.8) is 0 Å². The van der Waals surface area contributed by atoms with Crippen molar-refractivity contribution >= 4 is 35.6 Å². The van der Waals surface area contributed by atoms with Gasteiger partial charge in [-0.2, -0.15) is 0 Å². The Labute approximate surface area is 194 Å². The zero-order valence-corrected chi connectivity index (χ0v) is 18.6. The summed E-state index contributed by atoms with van der Waals surface area (Å²) in [7, 11) is 0. The van der Waals surface area contributed by atoms with Crippen LogP contribution in [0.5, 0.6) is 0 Å². The van der Waals surface area contributed by atoms with E-state index in [0.717, 1.165) is 0 Å². The average molecular weight is 492 g/mol. The van der Waals surface area contributed by atoms with Gasteiger partial charge in [-0.15, -0.1) is 0 Å². The molecule has 0 aromatic heterocycles. The van der Waals surface area contributed by atoms with Gasteiger partial charge >= 0.3 is 11.9 Å². The maximum atomic E-state index is 12.6. The lowest BCUT2D eigenvalue weighted by molar-refractivity contribution is -0.143. The standard InChI is InChI=1S/C18H33N7O9/c1-8(27)13(19)16(32)25-11(7-26)15(31)23-9(4-5-12(28)29)14(30)24-10(17(33)34)3-2-6-22-18(20)21/h8-11,13,26-27H,2-7,19H2,1H3,(H,23,31)(H,24,30)(H,25,32)(H,28,29)(H,33,34)(H4,20,21,22). The van der Waals surface area contributed by atoms with Gasteiger partial charge in [-0.1, -0.05) is 0 Å². The predicted molar refractivity (Wildman–Crippen MR) is 117 cm³/mol. The molecule has 194 valence electrons. The monoisotopic (exact) mass is 491 g/mol. The van der Waals surface area contributed by atoms with E-state index in [1.165, 1.54) is 6.92 Å². The van der Waals surface area contributed by atoms with Crippen molar-refractivity contribution in [2.24, 2.45) is 22.2 Å². The number of rotatable bonds is 16. The maximum Gasteiger partial charge on any atom is 0.326 e. The molecule has 0 fully saturated rings. The van der Waals surface area contributed by atoms with E-state index in [4.69, 9.17) is 22.3 Å². The Bertz CT molecular complexity index is 756. The van der Waals surface area contributed by atoms with Crippen molar-refractivity contribution in [1.82, 2.24) is 16.0 Å². The highest BCUT2D eigenvalue weighted by atomic mass is 16.4. The van der Waals surface area contributed by atoms with Gasteiger partial charge in [-0.25, -0.2) is 4.79 Å². The van der Waals surface area contributed by atoms with Crippen LogP contribution in [-0.2, 0) is 24.0 Å². The molecule has 0 aliphatic carbocycles. The van der Waals surface area contributed by atoms with Crippen LogP contribution >= 0.6 is 0 Å². The molecule has 0 aromatic carbocycles. The molecule has 0 radical (unpaired) electrons. The molecule has 3 amide bonds. The molecule has 0 bridgehead atoms. The zero-order valence-electron chi connectivity index (χ0n) is 18.6. The van der Waals surface area contributed by atoms with E-state index >= 15 is 0 Å². The van der Waals surface area contributed by atoms with Crippen LogP contribution in [0, 0.1) is 0 Å². The lowest BCUT2D eigenvalue weighted by Gasteiger charge is -2.24. The molecule has 16 heteroatoms. The number of aliphatic imine (C=N–C) groups is 1. The number of aliphatic hydroxyl groups excluding tert-OH is 2. The number of nitrogens with two attached hydrogens (primary N) is 3. The van der Waals surface area contributed by atoms with E-state index in [-0.39, 0.29) is 25.3 Å². The number of amides is 3. The second-order valence-corrected chi connectivity index (χ2v) is 7.35. The SMILES string of the molecule is CC(O)C(N)C(=O)NC(CO)C(=O)NC(CCC(=O)O)C(=O)NC(CCCN=C(N)N)C(=O)O. The molecule has 13 N–H and O–H groups in total. The van der Waals surface area contributed by atoms with Crippen LogP contribution in [0.25, 0.3) is 0 Å². The second-order valence-electron chi connectivity index (χ2n) is 7.35. The second kappa shape index (κ2) is 15.4. The van der Waals surface area contributed by atoms with Gasteiger partial charge < -0.3 is 53.6 Å². The van der Waals surface area contributed by atoms with Crippen molar-refractivity contribution in [3.05, 3.63) is 0 Å². The summed E-state index contributed by atoms with van der Waals surface area (Å²) in [6, 6.07) is -5.86. The predicted octanol–water partition coefficient (Wildman–Crippen LogP) is -4.86. The summed E-state index contributed by atoms with van der Waals surface area (Å²) in [5.41, 5.74) is 15.8. The normalized spacial score (nSPS) is 15.1. The molecule has 16 nitrogen and oxygen atoms in total. The summed E-state index contributed by atoms with van der Waals surface area (Å²) in [5, 5.41) is 43.5. The number of carboxylic acids is 2. The van der Waals surface area contributed by atoms with Gasteiger partial charge in [0.15, 0.2) is 5.96 Å². The Morgan fingerprint density at radius 1 is 0.882 bits per heavy atom. The van der Waals surface area contributed by atoms with Crippen LogP contribution in [0.1, 0.15) is 32.6 Å². The number of carbonyl (C=O) groups is 5. The Kier molecular flexibility index (Phi) is 13.8. The van der Waals surface area contributed by atoms with Crippen LogP contribution < -0.4 is 33.2 Å². The molecular weight excluding hydrogens is 458 g/mol. The first kappa shape index (κ1) is 30.5. The molecule has 0 heterocycles.